The van der Waals surface area contributed by atoms with Gasteiger partial charge in [0.05, 0.1) is 0 Å². The second-order valence-corrected chi connectivity index (χ2v) is 4.21. The van der Waals surface area contributed by atoms with Crippen LogP contribution in [0.1, 0.15) is 12.0 Å². The molecule has 1 aromatic rings. The van der Waals surface area contributed by atoms with Crippen molar-refractivity contribution in [2.45, 2.75) is 19.4 Å². The highest BCUT2D eigenvalue weighted by Gasteiger charge is 2.08. The van der Waals surface area contributed by atoms with Crippen LogP contribution in [0.3, 0.4) is 0 Å². The van der Waals surface area contributed by atoms with E-state index in [0.717, 1.165) is 19.6 Å². The molecule has 0 spiro atoms. The molecule has 0 fully saturated rings. The van der Waals surface area contributed by atoms with E-state index in [1.807, 2.05) is 0 Å². The molecule has 90 valence electrons. The predicted octanol–water partition coefficient (Wildman–Crippen LogP) is 1.80. The van der Waals surface area contributed by atoms with Gasteiger partial charge in [0.25, 0.3) is 0 Å². The molecule has 0 radical (unpaired) electrons. The first-order chi connectivity index (χ1) is 7.65. The van der Waals surface area contributed by atoms with Crippen molar-refractivity contribution in [2.75, 3.05) is 32.2 Å². The molecule has 16 heavy (non-hydrogen) atoms. The fraction of sp³-hybridized carbons (Fsp3) is 0.538. The lowest BCUT2D eigenvalue weighted by Gasteiger charge is -2.24. The van der Waals surface area contributed by atoms with Gasteiger partial charge in [-0.25, -0.2) is 0 Å². The minimum absolute atomic E-state index is 0.157. The molecule has 0 bridgehead atoms. The van der Waals surface area contributed by atoms with Crippen LogP contribution in [0.4, 0.5) is 5.69 Å². The summed E-state index contributed by atoms with van der Waals surface area (Å²) in [6.45, 7) is 3.70. The van der Waals surface area contributed by atoms with Gasteiger partial charge in [-0.15, -0.1) is 0 Å². The van der Waals surface area contributed by atoms with E-state index in [-0.39, 0.29) is 6.04 Å². The number of para-hydroxylation sites is 1. The Balaban J connectivity index is 2.52. The van der Waals surface area contributed by atoms with Crippen LogP contribution >= 0.6 is 0 Å². The van der Waals surface area contributed by atoms with E-state index in [1.54, 1.807) is 7.11 Å². The van der Waals surface area contributed by atoms with Crippen LogP contribution in [0, 0.1) is 6.92 Å². The molecule has 0 saturated carbocycles. The first-order valence-corrected chi connectivity index (χ1v) is 5.66. The van der Waals surface area contributed by atoms with Crippen LogP contribution in [-0.4, -0.2) is 33.4 Å². The third kappa shape index (κ3) is 3.83. The van der Waals surface area contributed by atoms with Gasteiger partial charge in [-0.3, -0.25) is 0 Å². The number of benzene rings is 1. The van der Waals surface area contributed by atoms with Crippen molar-refractivity contribution in [3.63, 3.8) is 0 Å². The Morgan fingerprint density at radius 3 is 2.69 bits per heavy atom. The Morgan fingerprint density at radius 1 is 1.38 bits per heavy atom. The third-order valence-corrected chi connectivity index (χ3v) is 2.73. The molecule has 1 atom stereocenters. The average Bonchev–Trinajstić information content (AvgIpc) is 2.26. The van der Waals surface area contributed by atoms with Gasteiger partial charge in [0, 0.05) is 39.0 Å². The lowest BCUT2D eigenvalue weighted by Crippen LogP contribution is -2.36. The zero-order chi connectivity index (χ0) is 12.0. The van der Waals surface area contributed by atoms with Gasteiger partial charge in [-0.1, -0.05) is 18.2 Å². The molecule has 0 saturated heterocycles. The molecule has 1 unspecified atom stereocenters. The Morgan fingerprint density at radius 2 is 2.06 bits per heavy atom. The van der Waals surface area contributed by atoms with E-state index < -0.39 is 0 Å². The van der Waals surface area contributed by atoms with Crippen molar-refractivity contribution >= 4 is 5.69 Å². The van der Waals surface area contributed by atoms with Crippen LogP contribution in [-0.2, 0) is 4.74 Å². The Labute approximate surface area is 98.2 Å². The van der Waals surface area contributed by atoms with E-state index in [0.29, 0.717) is 0 Å². The van der Waals surface area contributed by atoms with Crippen molar-refractivity contribution in [3.05, 3.63) is 29.8 Å². The number of nitrogens with zero attached hydrogens (tertiary/aromatic N) is 1. The zero-order valence-corrected chi connectivity index (χ0v) is 10.4. The first-order valence-electron chi connectivity index (χ1n) is 5.66. The van der Waals surface area contributed by atoms with E-state index in [2.05, 4.69) is 43.1 Å². The topological polar surface area (TPSA) is 38.5 Å². The predicted molar refractivity (Wildman–Crippen MR) is 68.9 cm³/mol. The maximum Gasteiger partial charge on any atom is 0.0477 e. The fourth-order valence-electron chi connectivity index (χ4n) is 1.80. The summed E-state index contributed by atoms with van der Waals surface area (Å²) in [4.78, 5) is 2.20. The number of hydrogen-bond donors (Lipinski definition) is 1. The summed E-state index contributed by atoms with van der Waals surface area (Å²) in [6.07, 6.45) is 0.896. The van der Waals surface area contributed by atoms with E-state index in [1.165, 1.54) is 11.3 Å². The fourth-order valence-corrected chi connectivity index (χ4v) is 1.80. The van der Waals surface area contributed by atoms with Gasteiger partial charge in [0.1, 0.15) is 0 Å². The summed E-state index contributed by atoms with van der Waals surface area (Å²) in [7, 11) is 3.78. The van der Waals surface area contributed by atoms with Crippen LogP contribution < -0.4 is 10.6 Å². The van der Waals surface area contributed by atoms with Gasteiger partial charge in [-0.05, 0) is 25.0 Å². The number of likely N-dealkylation sites (N-methyl/N-ethyl adjacent to an activating group) is 1. The largest absolute Gasteiger partial charge is 0.385 e. The highest BCUT2D eigenvalue weighted by molar-refractivity contribution is 5.52. The second kappa shape index (κ2) is 6.51. The molecular weight excluding hydrogens is 200 g/mol. The summed E-state index contributed by atoms with van der Waals surface area (Å²) >= 11 is 0. The monoisotopic (exact) mass is 222 g/mol. The SMILES string of the molecule is COCCC(N)CN(C)c1ccccc1C. The van der Waals surface area contributed by atoms with Gasteiger partial charge in [-0.2, -0.15) is 0 Å². The maximum atomic E-state index is 6.03. The van der Waals surface area contributed by atoms with E-state index in [4.69, 9.17) is 10.5 Å². The molecule has 3 heteroatoms. The highest BCUT2D eigenvalue weighted by Crippen LogP contribution is 2.17. The number of nitrogens with two attached hydrogens (primary N) is 1. The maximum absolute atomic E-state index is 6.03. The van der Waals surface area contributed by atoms with Gasteiger partial charge >= 0.3 is 0 Å². The minimum atomic E-state index is 0.157. The van der Waals surface area contributed by atoms with Crippen molar-refractivity contribution in [2.24, 2.45) is 5.73 Å². The van der Waals surface area contributed by atoms with Gasteiger partial charge in [0.2, 0.25) is 0 Å². The highest BCUT2D eigenvalue weighted by atomic mass is 16.5. The number of hydrogen-bond acceptors (Lipinski definition) is 3. The number of methoxy groups -OCH3 is 1. The van der Waals surface area contributed by atoms with Gasteiger partial charge in [0.15, 0.2) is 0 Å². The zero-order valence-electron chi connectivity index (χ0n) is 10.4. The smallest absolute Gasteiger partial charge is 0.0477 e. The molecule has 0 aliphatic rings. The molecular formula is C13H22N2O. The first kappa shape index (κ1) is 13.0. The van der Waals surface area contributed by atoms with Gasteiger partial charge < -0.3 is 15.4 Å². The van der Waals surface area contributed by atoms with E-state index >= 15 is 0 Å². The van der Waals surface area contributed by atoms with E-state index in [9.17, 15) is 0 Å². The number of rotatable bonds is 6. The molecule has 0 aliphatic carbocycles. The quantitative estimate of drug-likeness (QED) is 0.797. The summed E-state index contributed by atoms with van der Waals surface area (Å²) in [5, 5.41) is 0. The molecule has 0 aromatic heterocycles. The summed E-state index contributed by atoms with van der Waals surface area (Å²) < 4.78 is 5.02. The summed E-state index contributed by atoms with van der Waals surface area (Å²) in [6, 6.07) is 8.51. The van der Waals surface area contributed by atoms with Crippen LogP contribution in [0.15, 0.2) is 24.3 Å². The summed E-state index contributed by atoms with van der Waals surface area (Å²) in [5.74, 6) is 0. The van der Waals surface area contributed by atoms with Crippen molar-refractivity contribution in [1.82, 2.24) is 0 Å². The van der Waals surface area contributed by atoms with Crippen LogP contribution in [0.5, 0.6) is 0 Å². The Bertz CT molecular complexity index is 315. The average molecular weight is 222 g/mol. The molecule has 0 heterocycles. The lowest BCUT2D eigenvalue weighted by molar-refractivity contribution is 0.188. The molecule has 2 N–H and O–H groups in total. The van der Waals surface area contributed by atoms with Crippen LogP contribution in [0.25, 0.3) is 0 Å². The number of ether oxygens (including phenoxy) is 1. The summed E-state index contributed by atoms with van der Waals surface area (Å²) in [5.41, 5.74) is 8.55. The lowest BCUT2D eigenvalue weighted by atomic mass is 10.1. The normalized spacial score (nSPS) is 12.5. The molecule has 0 amide bonds. The number of aryl methyl sites for hydroxylation is 1. The van der Waals surface area contributed by atoms with Crippen molar-refractivity contribution in [1.29, 1.82) is 0 Å². The molecule has 1 aromatic carbocycles. The van der Waals surface area contributed by atoms with Crippen molar-refractivity contribution in [3.8, 4) is 0 Å². The Hall–Kier alpha value is -1.06. The number of anilines is 1. The standard InChI is InChI=1S/C13H22N2O/c1-11-6-4-5-7-13(11)15(2)10-12(14)8-9-16-3/h4-7,12H,8-10,14H2,1-3H3. The third-order valence-electron chi connectivity index (χ3n) is 2.73. The Kier molecular flexibility index (Phi) is 5.29. The van der Waals surface area contributed by atoms with Crippen LogP contribution in [0.2, 0.25) is 0 Å². The molecule has 0 aliphatic heterocycles. The molecule has 1 rings (SSSR count). The van der Waals surface area contributed by atoms with Crippen molar-refractivity contribution < 1.29 is 4.74 Å². The second-order valence-electron chi connectivity index (χ2n) is 4.21. The molecule has 3 nitrogen and oxygen atoms in total. The minimum Gasteiger partial charge on any atom is -0.385 e.